The van der Waals surface area contributed by atoms with Crippen LogP contribution in [0, 0.1) is 0 Å². The molecule has 7 nitrogen and oxygen atoms in total. The van der Waals surface area contributed by atoms with E-state index in [-0.39, 0.29) is 26.0 Å². The minimum Gasteiger partial charge on any atom is -0.469 e. The van der Waals surface area contributed by atoms with Gasteiger partial charge in [0.05, 0.1) is 26.5 Å². The lowest BCUT2D eigenvalue weighted by Gasteiger charge is -2.24. The first kappa shape index (κ1) is 18.2. The first-order valence-corrected chi connectivity index (χ1v) is 6.32. The van der Waals surface area contributed by atoms with Gasteiger partial charge in [0.15, 0.2) is 0 Å². The number of esters is 2. The Morgan fingerprint density at radius 3 is 2.10 bits per heavy atom. The van der Waals surface area contributed by atoms with Crippen LogP contribution in [-0.4, -0.2) is 55.8 Å². The van der Waals surface area contributed by atoms with Crippen LogP contribution >= 0.6 is 0 Å². The van der Waals surface area contributed by atoms with Crippen molar-refractivity contribution in [1.82, 2.24) is 4.90 Å². The summed E-state index contributed by atoms with van der Waals surface area (Å²) in [5.41, 5.74) is -0.567. The Bertz CT molecular complexity index is 347. The minimum absolute atomic E-state index is 0.0166. The van der Waals surface area contributed by atoms with Gasteiger partial charge >= 0.3 is 18.0 Å². The van der Waals surface area contributed by atoms with Gasteiger partial charge in [-0.3, -0.25) is 9.59 Å². The molecule has 20 heavy (non-hydrogen) atoms. The van der Waals surface area contributed by atoms with E-state index in [1.807, 2.05) is 0 Å². The number of hydrogen-bond donors (Lipinski definition) is 0. The van der Waals surface area contributed by atoms with Gasteiger partial charge in [-0.15, -0.1) is 0 Å². The van der Waals surface area contributed by atoms with Crippen molar-refractivity contribution in [1.29, 1.82) is 0 Å². The predicted octanol–water partition coefficient (Wildman–Crippen LogP) is 1.35. The molecule has 0 atom stereocenters. The maximum Gasteiger partial charge on any atom is 0.410 e. The minimum atomic E-state index is -0.567. The quantitative estimate of drug-likeness (QED) is 0.542. The average molecular weight is 289 g/mol. The zero-order chi connectivity index (χ0) is 15.8. The van der Waals surface area contributed by atoms with E-state index in [0.29, 0.717) is 0 Å². The Labute approximate surface area is 119 Å². The normalized spacial score (nSPS) is 10.7. The molecule has 0 saturated heterocycles. The number of amides is 1. The highest BCUT2D eigenvalue weighted by molar-refractivity contribution is 5.77. The van der Waals surface area contributed by atoms with Gasteiger partial charge in [0.25, 0.3) is 0 Å². The monoisotopic (exact) mass is 289 g/mol. The van der Waals surface area contributed by atoms with E-state index in [0.717, 1.165) is 0 Å². The highest BCUT2D eigenvalue weighted by atomic mass is 16.6. The number of carbonyl (C=O) groups excluding carboxylic acids is 3. The summed E-state index contributed by atoms with van der Waals surface area (Å²) in [6.07, 6.45) is -0.539. The van der Waals surface area contributed by atoms with Crippen molar-refractivity contribution in [2.75, 3.05) is 27.3 Å². The highest BCUT2D eigenvalue weighted by Gasteiger charge is 2.19. The highest BCUT2D eigenvalue weighted by Crippen LogP contribution is 2.08. The van der Waals surface area contributed by atoms with Gasteiger partial charge in [-0.05, 0) is 20.8 Å². The van der Waals surface area contributed by atoms with Gasteiger partial charge < -0.3 is 19.1 Å². The maximum atomic E-state index is 11.6. The van der Waals surface area contributed by atoms with E-state index in [1.165, 1.54) is 12.0 Å². The predicted molar refractivity (Wildman–Crippen MR) is 71.1 cm³/mol. The van der Waals surface area contributed by atoms with Crippen LogP contribution in [0.3, 0.4) is 0 Å². The smallest absolute Gasteiger partial charge is 0.410 e. The molecule has 0 rings (SSSR count). The second-order valence-electron chi connectivity index (χ2n) is 5.20. The number of methoxy groups -OCH3 is 1. The Balaban J connectivity index is 3.85. The molecule has 0 unspecified atom stereocenters. The maximum absolute atomic E-state index is 11.6. The Hall–Kier alpha value is -1.79. The zero-order valence-corrected chi connectivity index (χ0v) is 12.7. The molecule has 0 aliphatic rings. The number of carbonyl (C=O) groups is 3. The van der Waals surface area contributed by atoms with Crippen LogP contribution in [0.5, 0.6) is 0 Å². The van der Waals surface area contributed by atoms with E-state index < -0.39 is 23.6 Å². The molecule has 0 aromatic carbocycles. The summed E-state index contributed by atoms with van der Waals surface area (Å²) in [6, 6.07) is 0. The molecule has 1 amide bonds. The fraction of sp³-hybridized carbons (Fsp3) is 0.769. The van der Waals surface area contributed by atoms with E-state index >= 15 is 0 Å². The van der Waals surface area contributed by atoms with Gasteiger partial charge in [-0.25, -0.2) is 4.79 Å². The third kappa shape index (κ3) is 9.18. The molecule has 0 bridgehead atoms. The van der Waals surface area contributed by atoms with Crippen molar-refractivity contribution in [2.45, 2.75) is 39.2 Å². The fourth-order valence-corrected chi connectivity index (χ4v) is 1.11. The topological polar surface area (TPSA) is 82.1 Å². The molecular formula is C13H23NO6. The summed E-state index contributed by atoms with van der Waals surface area (Å²) < 4.78 is 14.4. The molecule has 0 fully saturated rings. The van der Waals surface area contributed by atoms with Crippen molar-refractivity contribution in [3.05, 3.63) is 0 Å². The first-order chi connectivity index (χ1) is 9.15. The molecule has 0 heterocycles. The van der Waals surface area contributed by atoms with Crippen LogP contribution in [0.4, 0.5) is 4.79 Å². The van der Waals surface area contributed by atoms with Gasteiger partial charge in [-0.1, -0.05) is 0 Å². The molecule has 0 N–H and O–H groups in total. The Morgan fingerprint density at radius 2 is 1.60 bits per heavy atom. The van der Waals surface area contributed by atoms with Crippen LogP contribution in [0.15, 0.2) is 0 Å². The summed E-state index contributed by atoms with van der Waals surface area (Å²) in [5, 5.41) is 0. The summed E-state index contributed by atoms with van der Waals surface area (Å²) in [6.45, 7) is 5.58. The molecule has 0 aromatic heterocycles. The Kier molecular flexibility index (Phi) is 7.64. The summed E-state index contributed by atoms with van der Waals surface area (Å²) >= 11 is 0. The van der Waals surface area contributed by atoms with Crippen molar-refractivity contribution >= 4 is 18.0 Å². The van der Waals surface area contributed by atoms with Crippen LogP contribution in [0.1, 0.15) is 33.6 Å². The molecule has 0 aliphatic heterocycles. The third-order valence-electron chi connectivity index (χ3n) is 2.16. The van der Waals surface area contributed by atoms with Crippen molar-refractivity contribution in [3.8, 4) is 0 Å². The SMILES string of the molecule is COC(=O)CCC(=O)OCCN(C)C(=O)OC(C)(C)C. The molecule has 116 valence electrons. The van der Waals surface area contributed by atoms with Gasteiger partial charge in [0.1, 0.15) is 12.2 Å². The van der Waals surface area contributed by atoms with Crippen LogP contribution < -0.4 is 0 Å². The summed E-state index contributed by atoms with van der Waals surface area (Å²) in [7, 11) is 2.81. The number of rotatable bonds is 6. The van der Waals surface area contributed by atoms with Crippen molar-refractivity contribution in [2.24, 2.45) is 0 Å². The summed E-state index contributed by atoms with van der Waals surface area (Å²) in [5.74, 6) is -0.971. The third-order valence-corrected chi connectivity index (χ3v) is 2.16. The standard InChI is InChI=1S/C13H23NO6/c1-13(2,3)20-12(17)14(4)8-9-19-11(16)7-6-10(15)18-5/h6-9H2,1-5H3. The number of ether oxygens (including phenoxy) is 3. The van der Waals surface area contributed by atoms with E-state index in [1.54, 1.807) is 27.8 Å². The van der Waals surface area contributed by atoms with Gasteiger partial charge in [0, 0.05) is 7.05 Å². The van der Waals surface area contributed by atoms with Gasteiger partial charge in [-0.2, -0.15) is 0 Å². The second kappa shape index (κ2) is 8.39. The number of likely N-dealkylation sites (N-methyl/N-ethyl adjacent to an activating group) is 1. The van der Waals surface area contributed by atoms with E-state index in [2.05, 4.69) is 4.74 Å². The largest absolute Gasteiger partial charge is 0.469 e. The molecule has 0 aliphatic carbocycles. The van der Waals surface area contributed by atoms with Crippen LogP contribution in [0.2, 0.25) is 0 Å². The lowest BCUT2D eigenvalue weighted by molar-refractivity contribution is -0.149. The zero-order valence-electron chi connectivity index (χ0n) is 12.7. The van der Waals surface area contributed by atoms with E-state index in [9.17, 15) is 14.4 Å². The van der Waals surface area contributed by atoms with Crippen LogP contribution in [0.25, 0.3) is 0 Å². The average Bonchev–Trinajstić information content (AvgIpc) is 2.33. The van der Waals surface area contributed by atoms with Crippen molar-refractivity contribution < 1.29 is 28.6 Å². The lowest BCUT2D eigenvalue weighted by atomic mass is 10.2. The second-order valence-corrected chi connectivity index (χ2v) is 5.20. The first-order valence-electron chi connectivity index (χ1n) is 6.32. The molecule has 0 saturated carbocycles. The van der Waals surface area contributed by atoms with Crippen molar-refractivity contribution in [3.63, 3.8) is 0 Å². The molecule has 0 spiro atoms. The molecular weight excluding hydrogens is 266 g/mol. The molecule has 0 radical (unpaired) electrons. The Morgan fingerprint density at radius 1 is 1.05 bits per heavy atom. The molecule has 7 heteroatoms. The number of nitrogens with zero attached hydrogens (tertiary/aromatic N) is 1. The van der Waals surface area contributed by atoms with Crippen LogP contribution in [-0.2, 0) is 23.8 Å². The van der Waals surface area contributed by atoms with Gasteiger partial charge in [0.2, 0.25) is 0 Å². The van der Waals surface area contributed by atoms with E-state index in [4.69, 9.17) is 9.47 Å². The molecule has 0 aromatic rings. The summed E-state index contributed by atoms with van der Waals surface area (Å²) in [4.78, 5) is 35.0. The number of hydrogen-bond acceptors (Lipinski definition) is 6. The lowest BCUT2D eigenvalue weighted by Crippen LogP contribution is -2.36. The fourth-order valence-electron chi connectivity index (χ4n) is 1.11.